The van der Waals surface area contributed by atoms with Gasteiger partial charge in [0.1, 0.15) is 5.75 Å². The lowest BCUT2D eigenvalue weighted by Crippen LogP contribution is -1.98. The topological polar surface area (TPSA) is 58.9 Å². The molecule has 0 amide bonds. The van der Waals surface area contributed by atoms with Gasteiger partial charge >= 0.3 is 0 Å². The van der Waals surface area contributed by atoms with Gasteiger partial charge in [0, 0.05) is 18.2 Å². The standard InChI is InChI=1S/C10H14O4/c1-13-9-6-8(12)5-7(3-4-11)10(9)14-2/h5-6,11-12H,3-4H2,1-2H3. The molecule has 78 valence electrons. The number of methoxy groups -OCH3 is 2. The molecule has 1 aromatic carbocycles. The Kier molecular flexibility index (Phi) is 3.59. The van der Waals surface area contributed by atoms with E-state index in [9.17, 15) is 5.11 Å². The first kappa shape index (κ1) is 10.7. The number of ether oxygens (including phenoxy) is 2. The summed E-state index contributed by atoms with van der Waals surface area (Å²) in [4.78, 5) is 0. The van der Waals surface area contributed by atoms with E-state index < -0.39 is 0 Å². The lowest BCUT2D eigenvalue weighted by atomic mass is 10.1. The first-order valence-electron chi connectivity index (χ1n) is 4.27. The fraction of sp³-hybridized carbons (Fsp3) is 0.400. The Hall–Kier alpha value is -1.42. The molecule has 0 fully saturated rings. The zero-order chi connectivity index (χ0) is 10.6. The number of benzene rings is 1. The van der Waals surface area contributed by atoms with E-state index in [1.165, 1.54) is 20.3 Å². The molecule has 1 aromatic rings. The zero-order valence-electron chi connectivity index (χ0n) is 8.28. The van der Waals surface area contributed by atoms with Crippen LogP contribution >= 0.6 is 0 Å². The maximum Gasteiger partial charge on any atom is 0.164 e. The molecule has 0 spiro atoms. The molecular formula is C10H14O4. The van der Waals surface area contributed by atoms with Gasteiger partial charge in [-0.15, -0.1) is 0 Å². The van der Waals surface area contributed by atoms with Crippen LogP contribution in [0, 0.1) is 0 Å². The van der Waals surface area contributed by atoms with Crippen molar-refractivity contribution in [3.63, 3.8) is 0 Å². The molecule has 2 N–H and O–H groups in total. The molecule has 0 heterocycles. The molecule has 4 nitrogen and oxygen atoms in total. The first-order valence-corrected chi connectivity index (χ1v) is 4.27. The third-order valence-electron chi connectivity index (χ3n) is 1.92. The molecule has 4 heteroatoms. The second kappa shape index (κ2) is 4.72. The van der Waals surface area contributed by atoms with Crippen LogP contribution in [0.3, 0.4) is 0 Å². The Morgan fingerprint density at radius 2 is 1.93 bits per heavy atom. The number of aromatic hydroxyl groups is 1. The number of hydrogen-bond acceptors (Lipinski definition) is 4. The highest BCUT2D eigenvalue weighted by atomic mass is 16.5. The molecule has 0 aromatic heterocycles. The summed E-state index contributed by atoms with van der Waals surface area (Å²) in [6.07, 6.45) is 0.425. The predicted octanol–water partition coefficient (Wildman–Crippen LogP) is 0.944. The monoisotopic (exact) mass is 198 g/mol. The molecule has 0 unspecified atom stereocenters. The summed E-state index contributed by atoms with van der Waals surface area (Å²) in [5, 5.41) is 18.2. The summed E-state index contributed by atoms with van der Waals surface area (Å²) < 4.78 is 10.2. The SMILES string of the molecule is COc1cc(O)cc(CCO)c1OC. The second-order valence-corrected chi connectivity index (χ2v) is 2.81. The maximum absolute atomic E-state index is 9.35. The summed E-state index contributed by atoms with van der Waals surface area (Å²) in [5.41, 5.74) is 0.729. The van der Waals surface area contributed by atoms with Crippen LogP contribution in [-0.2, 0) is 6.42 Å². The van der Waals surface area contributed by atoms with Crippen LogP contribution in [0.25, 0.3) is 0 Å². The van der Waals surface area contributed by atoms with Crippen molar-refractivity contribution in [2.45, 2.75) is 6.42 Å². The van der Waals surface area contributed by atoms with Crippen molar-refractivity contribution in [1.29, 1.82) is 0 Å². The Morgan fingerprint density at radius 1 is 1.21 bits per heavy atom. The van der Waals surface area contributed by atoms with E-state index in [0.717, 1.165) is 5.56 Å². The lowest BCUT2D eigenvalue weighted by Gasteiger charge is -2.12. The van der Waals surface area contributed by atoms with E-state index in [0.29, 0.717) is 17.9 Å². The Morgan fingerprint density at radius 3 is 2.43 bits per heavy atom. The highest BCUT2D eigenvalue weighted by molar-refractivity contribution is 5.51. The number of aliphatic hydroxyl groups excluding tert-OH is 1. The summed E-state index contributed by atoms with van der Waals surface area (Å²) >= 11 is 0. The molecule has 0 bridgehead atoms. The van der Waals surface area contributed by atoms with Crippen LogP contribution < -0.4 is 9.47 Å². The first-order chi connectivity index (χ1) is 6.72. The minimum Gasteiger partial charge on any atom is -0.508 e. The number of rotatable bonds is 4. The minimum absolute atomic E-state index is 0.00294. The molecule has 0 radical (unpaired) electrons. The number of phenols is 1. The summed E-state index contributed by atoms with van der Waals surface area (Å²) in [6, 6.07) is 3.03. The van der Waals surface area contributed by atoms with Crippen molar-refractivity contribution in [3.05, 3.63) is 17.7 Å². The van der Waals surface area contributed by atoms with E-state index in [2.05, 4.69) is 0 Å². The second-order valence-electron chi connectivity index (χ2n) is 2.81. The van der Waals surface area contributed by atoms with E-state index in [-0.39, 0.29) is 12.4 Å². The van der Waals surface area contributed by atoms with Gasteiger partial charge in [-0.2, -0.15) is 0 Å². The van der Waals surface area contributed by atoms with Gasteiger partial charge in [-0.25, -0.2) is 0 Å². The Bertz CT molecular complexity index is 309. The van der Waals surface area contributed by atoms with Crippen molar-refractivity contribution < 1.29 is 19.7 Å². The molecule has 14 heavy (non-hydrogen) atoms. The van der Waals surface area contributed by atoms with Crippen molar-refractivity contribution >= 4 is 0 Å². The average molecular weight is 198 g/mol. The molecule has 0 saturated heterocycles. The van der Waals surface area contributed by atoms with Gasteiger partial charge < -0.3 is 19.7 Å². The molecule has 1 rings (SSSR count). The van der Waals surface area contributed by atoms with Crippen molar-refractivity contribution in [2.24, 2.45) is 0 Å². The average Bonchev–Trinajstić information content (AvgIpc) is 2.17. The van der Waals surface area contributed by atoms with Crippen LogP contribution in [0.4, 0.5) is 0 Å². The Balaban J connectivity index is 3.17. The maximum atomic E-state index is 9.35. The summed E-state index contributed by atoms with van der Waals surface area (Å²) in [6.45, 7) is 0.00294. The highest BCUT2D eigenvalue weighted by Crippen LogP contribution is 2.35. The molecule has 0 saturated carbocycles. The van der Waals surface area contributed by atoms with Crippen LogP contribution in [0.5, 0.6) is 17.2 Å². The van der Waals surface area contributed by atoms with Gasteiger partial charge in [-0.1, -0.05) is 0 Å². The number of hydrogen-bond donors (Lipinski definition) is 2. The fourth-order valence-electron chi connectivity index (χ4n) is 1.33. The number of phenolic OH excluding ortho intramolecular Hbond substituents is 1. The summed E-state index contributed by atoms with van der Waals surface area (Å²) in [5.74, 6) is 1.13. The van der Waals surface area contributed by atoms with Gasteiger partial charge in [-0.05, 0) is 12.5 Å². The van der Waals surface area contributed by atoms with Crippen molar-refractivity contribution in [3.8, 4) is 17.2 Å². The van der Waals surface area contributed by atoms with Crippen LogP contribution in [-0.4, -0.2) is 31.0 Å². The molecule has 0 aliphatic rings. The molecule has 0 aliphatic carbocycles. The van der Waals surface area contributed by atoms with Crippen molar-refractivity contribution in [1.82, 2.24) is 0 Å². The third kappa shape index (κ3) is 2.09. The lowest BCUT2D eigenvalue weighted by molar-refractivity contribution is 0.294. The minimum atomic E-state index is 0.00294. The van der Waals surface area contributed by atoms with Crippen LogP contribution in [0.15, 0.2) is 12.1 Å². The van der Waals surface area contributed by atoms with E-state index in [1.807, 2.05) is 0 Å². The Labute approximate surface area is 82.7 Å². The normalized spacial score (nSPS) is 9.93. The van der Waals surface area contributed by atoms with Gasteiger partial charge in [0.15, 0.2) is 11.5 Å². The van der Waals surface area contributed by atoms with Crippen LogP contribution in [0.2, 0.25) is 0 Å². The predicted molar refractivity (Wildman–Crippen MR) is 52.0 cm³/mol. The molecule has 0 aliphatic heterocycles. The van der Waals surface area contributed by atoms with Gasteiger partial charge in [0.05, 0.1) is 14.2 Å². The van der Waals surface area contributed by atoms with Gasteiger partial charge in [-0.3, -0.25) is 0 Å². The van der Waals surface area contributed by atoms with E-state index in [1.54, 1.807) is 6.07 Å². The quantitative estimate of drug-likeness (QED) is 0.756. The van der Waals surface area contributed by atoms with Gasteiger partial charge in [0.2, 0.25) is 0 Å². The highest BCUT2D eigenvalue weighted by Gasteiger charge is 2.11. The van der Waals surface area contributed by atoms with Crippen molar-refractivity contribution in [2.75, 3.05) is 20.8 Å². The largest absolute Gasteiger partial charge is 0.508 e. The van der Waals surface area contributed by atoms with Gasteiger partial charge in [0.25, 0.3) is 0 Å². The summed E-state index contributed by atoms with van der Waals surface area (Å²) in [7, 11) is 3.02. The fourth-order valence-corrected chi connectivity index (χ4v) is 1.33. The smallest absolute Gasteiger partial charge is 0.164 e. The third-order valence-corrected chi connectivity index (χ3v) is 1.92. The van der Waals surface area contributed by atoms with E-state index in [4.69, 9.17) is 14.6 Å². The zero-order valence-corrected chi connectivity index (χ0v) is 8.28. The molecule has 0 atom stereocenters. The number of aliphatic hydroxyl groups is 1. The van der Waals surface area contributed by atoms with Crippen LogP contribution in [0.1, 0.15) is 5.56 Å². The molecular weight excluding hydrogens is 184 g/mol. The van der Waals surface area contributed by atoms with E-state index >= 15 is 0 Å².